The first kappa shape index (κ1) is 17.5. The van der Waals surface area contributed by atoms with Crippen molar-refractivity contribution in [3.8, 4) is 5.75 Å². The second-order valence-electron chi connectivity index (χ2n) is 5.85. The molecule has 26 heavy (non-hydrogen) atoms. The van der Waals surface area contributed by atoms with E-state index in [-0.39, 0.29) is 5.91 Å². The standard InChI is InChI=1S/C19H18FN3O3/c1-11-16(12-3-9-15(26-2)10-4-12)17(18(24)21-11)23-19(25)22-14-7-5-13(20)6-8-14/h3-10,16-17H,1H2,2H3,(H,21,24)(H2,22,23,25)/t16-,17-/m0/s1. The van der Waals surface area contributed by atoms with Gasteiger partial charge in [-0.2, -0.15) is 0 Å². The van der Waals surface area contributed by atoms with Crippen LogP contribution in [0.2, 0.25) is 0 Å². The van der Waals surface area contributed by atoms with Crippen LogP contribution in [0, 0.1) is 5.82 Å². The Morgan fingerprint density at radius 3 is 2.42 bits per heavy atom. The van der Waals surface area contributed by atoms with Gasteiger partial charge in [-0.3, -0.25) is 4.79 Å². The minimum absolute atomic E-state index is 0.343. The van der Waals surface area contributed by atoms with Gasteiger partial charge in [0.15, 0.2) is 0 Å². The summed E-state index contributed by atoms with van der Waals surface area (Å²) in [4.78, 5) is 24.5. The Bertz CT molecular complexity index is 834. The smallest absolute Gasteiger partial charge is 0.319 e. The summed E-state index contributed by atoms with van der Waals surface area (Å²) in [5.41, 5.74) is 1.75. The van der Waals surface area contributed by atoms with E-state index in [4.69, 9.17) is 4.74 Å². The second-order valence-corrected chi connectivity index (χ2v) is 5.85. The monoisotopic (exact) mass is 355 g/mol. The van der Waals surface area contributed by atoms with E-state index >= 15 is 0 Å². The fraction of sp³-hybridized carbons (Fsp3) is 0.158. The molecule has 1 aliphatic heterocycles. The lowest BCUT2D eigenvalue weighted by Crippen LogP contribution is -2.44. The van der Waals surface area contributed by atoms with E-state index in [1.807, 2.05) is 12.1 Å². The Hall–Kier alpha value is -3.35. The van der Waals surface area contributed by atoms with Crippen LogP contribution < -0.4 is 20.7 Å². The lowest BCUT2D eigenvalue weighted by atomic mass is 9.92. The van der Waals surface area contributed by atoms with Crippen LogP contribution in [-0.2, 0) is 4.79 Å². The summed E-state index contributed by atoms with van der Waals surface area (Å²) < 4.78 is 18.1. The molecule has 3 N–H and O–H groups in total. The molecule has 134 valence electrons. The summed E-state index contributed by atoms with van der Waals surface area (Å²) in [5.74, 6) is -0.463. The fourth-order valence-electron chi connectivity index (χ4n) is 2.86. The average molecular weight is 355 g/mol. The predicted molar refractivity (Wildman–Crippen MR) is 95.4 cm³/mol. The molecule has 2 aromatic carbocycles. The zero-order valence-corrected chi connectivity index (χ0v) is 14.1. The molecule has 3 amide bonds. The number of amides is 3. The molecule has 0 spiro atoms. The molecule has 1 heterocycles. The molecule has 2 aromatic rings. The molecule has 0 unspecified atom stereocenters. The van der Waals surface area contributed by atoms with Crippen LogP contribution in [0.15, 0.2) is 60.8 Å². The van der Waals surface area contributed by atoms with Gasteiger partial charge in [-0.25, -0.2) is 9.18 Å². The third-order valence-electron chi connectivity index (χ3n) is 4.14. The van der Waals surface area contributed by atoms with Crippen molar-refractivity contribution in [3.63, 3.8) is 0 Å². The highest BCUT2D eigenvalue weighted by Crippen LogP contribution is 2.31. The zero-order valence-electron chi connectivity index (χ0n) is 14.1. The van der Waals surface area contributed by atoms with Gasteiger partial charge in [0.1, 0.15) is 17.6 Å². The van der Waals surface area contributed by atoms with Crippen LogP contribution >= 0.6 is 0 Å². The van der Waals surface area contributed by atoms with Crippen molar-refractivity contribution in [3.05, 3.63) is 72.2 Å². The topological polar surface area (TPSA) is 79.5 Å². The van der Waals surface area contributed by atoms with E-state index in [1.165, 1.54) is 24.3 Å². The number of nitrogens with one attached hydrogen (secondary N) is 3. The first-order valence-corrected chi connectivity index (χ1v) is 7.94. The highest BCUT2D eigenvalue weighted by molar-refractivity contribution is 5.96. The van der Waals surface area contributed by atoms with Crippen molar-refractivity contribution >= 4 is 17.6 Å². The number of carbonyl (C=O) groups is 2. The van der Waals surface area contributed by atoms with Crippen molar-refractivity contribution in [1.29, 1.82) is 0 Å². The summed E-state index contributed by atoms with van der Waals surface area (Å²) >= 11 is 0. The van der Waals surface area contributed by atoms with Crippen LogP contribution in [0.25, 0.3) is 0 Å². The number of rotatable bonds is 4. The molecule has 3 rings (SSSR count). The predicted octanol–water partition coefficient (Wildman–Crippen LogP) is 2.75. The van der Waals surface area contributed by atoms with Gasteiger partial charge in [-0.05, 0) is 42.0 Å². The Kier molecular flexibility index (Phi) is 4.88. The van der Waals surface area contributed by atoms with Gasteiger partial charge < -0.3 is 20.7 Å². The molecule has 2 atom stereocenters. The van der Waals surface area contributed by atoms with Crippen LogP contribution in [0.4, 0.5) is 14.9 Å². The number of halogens is 1. The molecule has 7 heteroatoms. The van der Waals surface area contributed by atoms with Gasteiger partial charge in [-0.15, -0.1) is 0 Å². The SMILES string of the molecule is C=C1NC(=O)[C@@H](NC(=O)Nc2ccc(F)cc2)[C@@H]1c1ccc(OC)cc1. The molecule has 1 aliphatic rings. The quantitative estimate of drug-likeness (QED) is 0.789. The fourth-order valence-corrected chi connectivity index (χ4v) is 2.86. The third kappa shape index (κ3) is 3.66. The van der Waals surface area contributed by atoms with Crippen molar-refractivity contribution in [2.45, 2.75) is 12.0 Å². The summed E-state index contributed by atoms with van der Waals surface area (Å²) in [7, 11) is 1.57. The molecule has 0 radical (unpaired) electrons. The molecule has 1 saturated heterocycles. The summed E-state index contributed by atoms with van der Waals surface area (Å²) in [6.45, 7) is 3.88. The van der Waals surface area contributed by atoms with Crippen molar-refractivity contribution in [2.24, 2.45) is 0 Å². The molecular formula is C19H18FN3O3. The van der Waals surface area contributed by atoms with Crippen molar-refractivity contribution in [2.75, 3.05) is 12.4 Å². The van der Waals surface area contributed by atoms with Gasteiger partial charge in [0.05, 0.1) is 13.0 Å². The van der Waals surface area contributed by atoms with Crippen LogP contribution in [-0.4, -0.2) is 25.1 Å². The Morgan fingerprint density at radius 2 is 1.81 bits per heavy atom. The highest BCUT2D eigenvalue weighted by atomic mass is 19.1. The van der Waals surface area contributed by atoms with Gasteiger partial charge in [0, 0.05) is 11.4 Å². The van der Waals surface area contributed by atoms with Crippen molar-refractivity contribution in [1.82, 2.24) is 10.6 Å². The number of carbonyl (C=O) groups excluding carboxylic acids is 2. The Morgan fingerprint density at radius 1 is 1.15 bits per heavy atom. The third-order valence-corrected chi connectivity index (χ3v) is 4.14. The number of anilines is 1. The van der Waals surface area contributed by atoms with E-state index < -0.39 is 23.8 Å². The van der Waals surface area contributed by atoms with Gasteiger partial charge in [0.25, 0.3) is 0 Å². The van der Waals surface area contributed by atoms with Gasteiger partial charge in [0.2, 0.25) is 5.91 Å². The van der Waals surface area contributed by atoms with Gasteiger partial charge >= 0.3 is 6.03 Å². The first-order chi connectivity index (χ1) is 12.5. The Labute approximate surface area is 150 Å². The molecule has 0 aromatic heterocycles. The minimum Gasteiger partial charge on any atom is -0.497 e. The van der Waals surface area contributed by atoms with Crippen LogP contribution in [0.5, 0.6) is 5.75 Å². The van der Waals surface area contributed by atoms with Crippen LogP contribution in [0.3, 0.4) is 0 Å². The first-order valence-electron chi connectivity index (χ1n) is 7.94. The number of ether oxygens (including phenoxy) is 1. The number of urea groups is 1. The van der Waals surface area contributed by atoms with Gasteiger partial charge in [-0.1, -0.05) is 18.7 Å². The maximum Gasteiger partial charge on any atom is 0.319 e. The summed E-state index contributed by atoms with van der Waals surface area (Å²) in [5, 5.41) is 7.89. The number of benzene rings is 2. The van der Waals surface area contributed by atoms with E-state index in [0.717, 1.165) is 5.56 Å². The molecule has 0 saturated carbocycles. The highest BCUT2D eigenvalue weighted by Gasteiger charge is 2.39. The molecule has 0 bridgehead atoms. The second kappa shape index (κ2) is 7.26. The largest absolute Gasteiger partial charge is 0.497 e. The average Bonchev–Trinajstić information content (AvgIpc) is 2.90. The number of methoxy groups -OCH3 is 1. The molecule has 0 aliphatic carbocycles. The normalized spacial score (nSPS) is 19.0. The van der Waals surface area contributed by atoms with E-state index in [2.05, 4.69) is 22.5 Å². The summed E-state index contributed by atoms with van der Waals surface area (Å²) in [6, 6.07) is 11.2. The number of hydrogen-bond acceptors (Lipinski definition) is 3. The molecule has 6 nitrogen and oxygen atoms in total. The van der Waals surface area contributed by atoms with Crippen LogP contribution in [0.1, 0.15) is 11.5 Å². The Balaban J connectivity index is 1.75. The lowest BCUT2D eigenvalue weighted by molar-refractivity contribution is -0.120. The lowest BCUT2D eigenvalue weighted by Gasteiger charge is -2.19. The number of hydrogen-bond donors (Lipinski definition) is 3. The minimum atomic E-state index is -0.809. The molecular weight excluding hydrogens is 337 g/mol. The maximum atomic E-state index is 12.9. The van der Waals surface area contributed by atoms with E-state index in [0.29, 0.717) is 17.1 Å². The summed E-state index contributed by atoms with van der Waals surface area (Å²) in [6.07, 6.45) is 0. The maximum absolute atomic E-state index is 12.9. The van der Waals surface area contributed by atoms with E-state index in [1.54, 1.807) is 19.2 Å². The zero-order chi connectivity index (χ0) is 18.7. The van der Waals surface area contributed by atoms with E-state index in [9.17, 15) is 14.0 Å². The molecule has 1 fully saturated rings. The van der Waals surface area contributed by atoms with Crippen molar-refractivity contribution < 1.29 is 18.7 Å².